The molecule has 1 saturated heterocycles. The van der Waals surface area contributed by atoms with Gasteiger partial charge >= 0.3 is 0 Å². The Labute approximate surface area is 233 Å². The molecule has 0 bridgehead atoms. The van der Waals surface area contributed by atoms with Crippen LogP contribution in [0.5, 0.6) is 0 Å². The summed E-state index contributed by atoms with van der Waals surface area (Å²) in [5.41, 5.74) is 11.6. The molecule has 1 fully saturated rings. The van der Waals surface area contributed by atoms with Crippen LogP contribution in [0.1, 0.15) is 31.7 Å². The highest BCUT2D eigenvalue weighted by atomic mass is 32.1. The number of fused-ring (bicyclic) bond motifs is 3. The third kappa shape index (κ3) is 4.37. The third-order valence-electron chi connectivity index (χ3n) is 7.29. The van der Waals surface area contributed by atoms with Crippen molar-refractivity contribution in [3.63, 3.8) is 0 Å². The molecule has 200 valence electrons. The Kier molecular flexibility index (Phi) is 6.00. The van der Waals surface area contributed by atoms with Crippen LogP contribution in [0.2, 0.25) is 0 Å². The average Bonchev–Trinajstić information content (AvgIpc) is 3.54. The van der Waals surface area contributed by atoms with Crippen molar-refractivity contribution in [1.29, 1.82) is 0 Å². The first kappa shape index (κ1) is 24.4. The number of hydrogen-bond acceptors (Lipinski definition) is 9. The first-order valence-electron chi connectivity index (χ1n) is 13.3. The molecular formula is C29H27N9OS. The van der Waals surface area contributed by atoms with E-state index in [0.717, 1.165) is 51.2 Å². The van der Waals surface area contributed by atoms with Crippen LogP contribution in [0.3, 0.4) is 0 Å². The van der Waals surface area contributed by atoms with E-state index >= 15 is 0 Å². The number of nitrogens with two attached hydrogens (primary N) is 1. The van der Waals surface area contributed by atoms with Crippen LogP contribution < -0.4 is 16.0 Å². The van der Waals surface area contributed by atoms with Crippen molar-refractivity contribution < 1.29 is 4.79 Å². The third-order valence-corrected chi connectivity index (χ3v) is 8.23. The Morgan fingerprint density at radius 3 is 2.73 bits per heavy atom. The number of nitrogens with one attached hydrogen (secondary N) is 1. The number of nitrogens with zero attached hydrogens (tertiary/aromatic N) is 7. The van der Waals surface area contributed by atoms with Crippen molar-refractivity contribution in [2.24, 2.45) is 0 Å². The number of aromatic nitrogens is 6. The number of anilines is 3. The molecule has 3 N–H and O–H groups in total. The van der Waals surface area contributed by atoms with Crippen LogP contribution in [0.15, 0.2) is 54.9 Å². The van der Waals surface area contributed by atoms with E-state index in [1.165, 1.54) is 43.9 Å². The molecule has 40 heavy (non-hydrogen) atoms. The largest absolute Gasteiger partial charge is 0.383 e. The van der Waals surface area contributed by atoms with E-state index in [9.17, 15) is 4.79 Å². The van der Waals surface area contributed by atoms with E-state index in [1.54, 1.807) is 0 Å². The molecule has 1 aliphatic heterocycles. The molecule has 4 aromatic heterocycles. The number of benzene rings is 2. The second-order valence-electron chi connectivity index (χ2n) is 10.1. The van der Waals surface area contributed by atoms with Crippen molar-refractivity contribution in [2.75, 3.05) is 29.0 Å². The number of amides is 1. The molecule has 6 aromatic rings. The second kappa shape index (κ2) is 9.83. The van der Waals surface area contributed by atoms with Gasteiger partial charge in [-0.15, -0.1) is 0 Å². The maximum Gasteiger partial charge on any atom is 0.223 e. The summed E-state index contributed by atoms with van der Waals surface area (Å²) in [5, 5.41) is 10.2. The van der Waals surface area contributed by atoms with Crippen LogP contribution >= 0.6 is 11.3 Å². The van der Waals surface area contributed by atoms with E-state index in [2.05, 4.69) is 43.4 Å². The summed E-state index contributed by atoms with van der Waals surface area (Å²) >= 11 is 1.42. The molecule has 1 amide bonds. The predicted molar refractivity (Wildman–Crippen MR) is 160 cm³/mol. The molecule has 0 atom stereocenters. The van der Waals surface area contributed by atoms with Gasteiger partial charge in [-0.25, -0.2) is 24.6 Å². The number of hydrogen-bond donors (Lipinski definition) is 2. The van der Waals surface area contributed by atoms with Crippen molar-refractivity contribution in [3.8, 4) is 11.3 Å². The molecule has 2 aromatic carbocycles. The van der Waals surface area contributed by atoms with Crippen molar-refractivity contribution in [3.05, 3.63) is 60.4 Å². The van der Waals surface area contributed by atoms with E-state index < -0.39 is 0 Å². The smallest absolute Gasteiger partial charge is 0.223 e. The summed E-state index contributed by atoms with van der Waals surface area (Å²) in [7, 11) is 0. The van der Waals surface area contributed by atoms with Crippen LogP contribution in [0.4, 0.5) is 16.8 Å². The van der Waals surface area contributed by atoms with Gasteiger partial charge in [0.05, 0.1) is 27.7 Å². The maximum absolute atomic E-state index is 11.5. The lowest BCUT2D eigenvalue weighted by Crippen LogP contribution is -2.30. The van der Waals surface area contributed by atoms with Gasteiger partial charge in [-0.1, -0.05) is 35.6 Å². The number of nitrogen functional groups attached to an aromatic ring is 1. The maximum atomic E-state index is 11.5. The number of carbonyl (C=O) groups is 1. The minimum absolute atomic E-state index is 0.152. The molecule has 0 aliphatic carbocycles. The highest BCUT2D eigenvalue weighted by molar-refractivity contribution is 7.22. The van der Waals surface area contributed by atoms with Gasteiger partial charge in [-0.2, -0.15) is 5.10 Å². The molecule has 7 rings (SSSR count). The Hall–Kier alpha value is -4.64. The topological polar surface area (TPSA) is 128 Å². The van der Waals surface area contributed by atoms with Gasteiger partial charge in [0.15, 0.2) is 10.8 Å². The summed E-state index contributed by atoms with van der Waals surface area (Å²) in [6.07, 6.45) is 5.12. The van der Waals surface area contributed by atoms with E-state index in [-0.39, 0.29) is 5.91 Å². The number of pyridine rings is 1. The Morgan fingerprint density at radius 1 is 1.02 bits per heavy atom. The standard InChI is InChI=1S/C29H27N9OS/c1-17(39)33-29-35-22-10-9-18(13-23(22)40-29)26-25-27(30)31-16-32-28(25)38(36-26)15-19-14-24(37-11-5-2-6-12-37)34-21-8-4-3-7-20(19)21/h3-4,7-10,13-14,16H,2,5-6,11-12,15H2,1H3,(H2,30,31,32)(H,33,35,39). The highest BCUT2D eigenvalue weighted by Gasteiger charge is 2.20. The van der Waals surface area contributed by atoms with Crippen LogP contribution in [0.25, 0.3) is 43.4 Å². The molecular weight excluding hydrogens is 522 g/mol. The summed E-state index contributed by atoms with van der Waals surface area (Å²) in [6.45, 7) is 4.02. The summed E-state index contributed by atoms with van der Waals surface area (Å²) in [5.74, 6) is 1.23. The first-order valence-corrected chi connectivity index (χ1v) is 14.1. The van der Waals surface area contributed by atoms with E-state index in [4.69, 9.17) is 15.8 Å². The van der Waals surface area contributed by atoms with Crippen LogP contribution in [-0.2, 0) is 11.3 Å². The van der Waals surface area contributed by atoms with Gasteiger partial charge in [0, 0.05) is 31.0 Å². The number of para-hydroxylation sites is 1. The summed E-state index contributed by atoms with van der Waals surface area (Å²) in [6, 6.07) is 16.4. The zero-order chi connectivity index (χ0) is 27.2. The van der Waals surface area contributed by atoms with Crippen molar-refractivity contribution >= 4 is 66.2 Å². The molecule has 0 spiro atoms. The van der Waals surface area contributed by atoms with Gasteiger partial charge in [0.2, 0.25) is 5.91 Å². The minimum atomic E-state index is -0.152. The second-order valence-corrected chi connectivity index (χ2v) is 11.1. The van der Waals surface area contributed by atoms with E-state index in [1.807, 2.05) is 35.0 Å². The zero-order valence-electron chi connectivity index (χ0n) is 22.0. The van der Waals surface area contributed by atoms with Gasteiger partial charge in [-0.3, -0.25) is 4.79 Å². The highest BCUT2D eigenvalue weighted by Crippen LogP contribution is 2.35. The minimum Gasteiger partial charge on any atom is -0.383 e. The Bertz CT molecular complexity index is 1900. The SMILES string of the molecule is CC(=O)Nc1nc2ccc(-c3nn(Cc4cc(N5CCCCC5)nc5ccccc45)c4ncnc(N)c34)cc2s1. The van der Waals surface area contributed by atoms with Gasteiger partial charge < -0.3 is 16.0 Å². The van der Waals surface area contributed by atoms with Crippen molar-refractivity contribution in [1.82, 2.24) is 29.7 Å². The fraction of sp³-hybridized carbons (Fsp3) is 0.241. The fourth-order valence-electron chi connectivity index (χ4n) is 5.43. The Morgan fingerprint density at radius 2 is 1.88 bits per heavy atom. The van der Waals surface area contributed by atoms with Crippen LogP contribution in [0, 0.1) is 0 Å². The molecule has 0 unspecified atom stereocenters. The van der Waals surface area contributed by atoms with E-state index in [0.29, 0.717) is 34.2 Å². The summed E-state index contributed by atoms with van der Waals surface area (Å²) in [4.78, 5) is 32.3. The number of rotatable bonds is 5. The van der Waals surface area contributed by atoms with Crippen LogP contribution in [-0.4, -0.2) is 48.7 Å². The Balaban J connectivity index is 1.34. The number of thiazole rings is 1. The van der Waals surface area contributed by atoms with Gasteiger partial charge in [-0.05, 0) is 49.1 Å². The molecule has 1 aliphatic rings. The monoisotopic (exact) mass is 549 g/mol. The molecule has 0 saturated carbocycles. The molecule has 10 nitrogen and oxygen atoms in total. The van der Waals surface area contributed by atoms with Gasteiger partial charge in [0.1, 0.15) is 23.7 Å². The summed E-state index contributed by atoms with van der Waals surface area (Å²) < 4.78 is 2.84. The number of carbonyl (C=O) groups excluding carboxylic acids is 1. The van der Waals surface area contributed by atoms with Crippen molar-refractivity contribution in [2.45, 2.75) is 32.7 Å². The zero-order valence-corrected chi connectivity index (χ0v) is 22.8. The normalized spacial score (nSPS) is 13.9. The van der Waals surface area contributed by atoms with Gasteiger partial charge in [0.25, 0.3) is 0 Å². The molecule has 11 heteroatoms. The lowest BCUT2D eigenvalue weighted by atomic mass is 10.1. The lowest BCUT2D eigenvalue weighted by molar-refractivity contribution is -0.114. The fourth-order valence-corrected chi connectivity index (χ4v) is 6.38. The predicted octanol–water partition coefficient (Wildman–Crippen LogP) is 5.23. The molecule has 5 heterocycles. The first-order chi connectivity index (χ1) is 19.5. The average molecular weight is 550 g/mol. The quantitative estimate of drug-likeness (QED) is 0.299. The number of piperidine rings is 1. The molecule has 0 radical (unpaired) electrons. The lowest BCUT2D eigenvalue weighted by Gasteiger charge is -2.28.